The van der Waals surface area contributed by atoms with Crippen LogP contribution in [0.3, 0.4) is 0 Å². The van der Waals surface area contributed by atoms with Gasteiger partial charge in [-0.15, -0.1) is 0 Å². The zero-order chi connectivity index (χ0) is 15.4. The van der Waals surface area contributed by atoms with Gasteiger partial charge in [0.15, 0.2) is 10.5 Å². The van der Waals surface area contributed by atoms with Crippen molar-refractivity contribution in [3.8, 4) is 5.75 Å². The molecule has 0 bridgehead atoms. The number of nitrogens with one attached hydrogen (secondary N) is 1. The summed E-state index contributed by atoms with van der Waals surface area (Å²) >= 11 is 3.13. The van der Waals surface area contributed by atoms with Crippen molar-refractivity contribution in [2.75, 3.05) is 12.4 Å². The van der Waals surface area contributed by atoms with Crippen LogP contribution in [0.2, 0.25) is 0 Å². The zero-order valence-electron chi connectivity index (χ0n) is 11.0. The largest absolute Gasteiger partial charge is 0.495 e. The Labute approximate surface area is 128 Å². The summed E-state index contributed by atoms with van der Waals surface area (Å²) in [6, 6.07) is 6.42. The van der Waals surface area contributed by atoms with E-state index in [4.69, 9.17) is 20.1 Å². The maximum absolute atomic E-state index is 12.2. The first kappa shape index (κ1) is 14.9. The number of oxime groups is 1. The predicted molar refractivity (Wildman–Crippen MR) is 79.9 cm³/mol. The topological polar surface area (TPSA) is 110 Å². The van der Waals surface area contributed by atoms with Crippen LogP contribution in [0.1, 0.15) is 15.9 Å². The second-order valence-electron chi connectivity index (χ2n) is 3.93. The fourth-order valence-corrected chi connectivity index (χ4v) is 2.15. The molecule has 1 aromatic heterocycles. The van der Waals surface area contributed by atoms with E-state index in [0.717, 1.165) is 0 Å². The number of halogens is 1. The minimum Gasteiger partial charge on any atom is -0.495 e. The van der Waals surface area contributed by atoms with Gasteiger partial charge in [0.2, 0.25) is 0 Å². The molecule has 0 saturated carbocycles. The van der Waals surface area contributed by atoms with Crippen molar-refractivity contribution in [1.29, 1.82) is 0 Å². The van der Waals surface area contributed by atoms with Gasteiger partial charge in [-0.25, -0.2) is 0 Å². The summed E-state index contributed by atoms with van der Waals surface area (Å²) in [5, 5.41) is 14.4. The van der Waals surface area contributed by atoms with Gasteiger partial charge >= 0.3 is 0 Å². The van der Waals surface area contributed by atoms with Crippen molar-refractivity contribution in [2.45, 2.75) is 0 Å². The molecule has 0 fully saturated rings. The number of nitrogens with zero attached hydrogens (tertiary/aromatic N) is 1. The summed E-state index contributed by atoms with van der Waals surface area (Å²) in [7, 11) is 1.45. The SMILES string of the molecule is COc1cccc(/C(N)=N/O)c1NC(=O)c1ccoc1Br. The number of hydrogen-bond acceptors (Lipinski definition) is 5. The lowest BCUT2D eigenvalue weighted by Crippen LogP contribution is -2.19. The van der Waals surface area contributed by atoms with Gasteiger partial charge in [-0.1, -0.05) is 11.2 Å². The van der Waals surface area contributed by atoms with Crippen molar-refractivity contribution >= 4 is 33.4 Å². The number of furan rings is 1. The lowest BCUT2D eigenvalue weighted by atomic mass is 10.1. The minimum absolute atomic E-state index is 0.143. The molecule has 0 aliphatic carbocycles. The number of amidine groups is 1. The Bertz CT molecular complexity index is 696. The second-order valence-corrected chi connectivity index (χ2v) is 4.65. The molecule has 0 spiro atoms. The summed E-state index contributed by atoms with van der Waals surface area (Å²) < 4.78 is 10.5. The third-order valence-electron chi connectivity index (χ3n) is 2.73. The Morgan fingerprint density at radius 3 is 2.76 bits per heavy atom. The van der Waals surface area contributed by atoms with Crippen LogP contribution in [-0.2, 0) is 0 Å². The first-order chi connectivity index (χ1) is 10.1. The summed E-state index contributed by atoms with van der Waals surface area (Å²) in [6.07, 6.45) is 1.38. The fraction of sp³-hybridized carbons (Fsp3) is 0.0769. The molecule has 4 N–H and O–H groups in total. The monoisotopic (exact) mass is 353 g/mol. The number of anilines is 1. The van der Waals surface area contributed by atoms with E-state index < -0.39 is 5.91 Å². The first-order valence-electron chi connectivity index (χ1n) is 5.77. The Balaban J connectivity index is 2.43. The number of carbonyl (C=O) groups excluding carboxylic acids is 1. The summed E-state index contributed by atoms with van der Waals surface area (Å²) in [6.45, 7) is 0. The van der Waals surface area contributed by atoms with E-state index in [1.807, 2.05) is 0 Å². The molecule has 110 valence electrons. The molecular weight excluding hydrogens is 342 g/mol. The van der Waals surface area contributed by atoms with E-state index in [0.29, 0.717) is 27.2 Å². The van der Waals surface area contributed by atoms with E-state index in [-0.39, 0.29) is 5.84 Å². The zero-order valence-corrected chi connectivity index (χ0v) is 12.5. The van der Waals surface area contributed by atoms with Crippen molar-refractivity contribution < 1.29 is 19.2 Å². The molecule has 0 radical (unpaired) electrons. The Morgan fingerprint density at radius 1 is 1.43 bits per heavy atom. The molecule has 0 aliphatic rings. The fourth-order valence-electron chi connectivity index (χ4n) is 1.73. The first-order valence-corrected chi connectivity index (χ1v) is 6.57. The molecule has 2 aromatic rings. The summed E-state index contributed by atoms with van der Waals surface area (Å²) in [5.41, 5.74) is 6.56. The molecule has 8 heteroatoms. The molecular formula is C13H12BrN3O4. The van der Waals surface area contributed by atoms with Crippen LogP contribution >= 0.6 is 15.9 Å². The molecule has 0 saturated heterocycles. The predicted octanol–water partition coefficient (Wildman–Crippen LogP) is 2.40. The highest BCUT2D eigenvalue weighted by atomic mass is 79.9. The average Bonchev–Trinajstić information content (AvgIpc) is 2.92. The number of nitrogens with two attached hydrogens (primary N) is 1. The molecule has 1 aromatic carbocycles. The van der Waals surface area contributed by atoms with Crippen molar-refractivity contribution in [2.24, 2.45) is 10.9 Å². The van der Waals surface area contributed by atoms with Gasteiger partial charge in [0.1, 0.15) is 5.75 Å². The van der Waals surface area contributed by atoms with Crippen molar-refractivity contribution in [3.05, 3.63) is 46.3 Å². The Morgan fingerprint density at radius 2 is 2.19 bits per heavy atom. The number of ether oxygens (including phenoxy) is 1. The number of methoxy groups -OCH3 is 1. The number of amides is 1. The standard InChI is InChI=1S/C13H12BrN3O4/c1-20-9-4-2-3-7(12(15)17-19)10(9)16-13(18)8-5-6-21-11(8)14/h2-6,19H,1H3,(H2,15,17)(H,16,18). The van der Waals surface area contributed by atoms with Crippen LogP contribution in [0, 0.1) is 0 Å². The highest BCUT2D eigenvalue weighted by molar-refractivity contribution is 9.10. The van der Waals surface area contributed by atoms with Crippen molar-refractivity contribution in [1.82, 2.24) is 0 Å². The molecule has 0 atom stereocenters. The van der Waals surface area contributed by atoms with Crippen LogP contribution in [-0.4, -0.2) is 24.1 Å². The molecule has 21 heavy (non-hydrogen) atoms. The quantitative estimate of drug-likeness (QED) is 0.338. The Hall–Kier alpha value is -2.48. The van der Waals surface area contributed by atoms with E-state index in [9.17, 15) is 4.79 Å². The maximum Gasteiger partial charge on any atom is 0.260 e. The maximum atomic E-state index is 12.2. The number of hydrogen-bond donors (Lipinski definition) is 3. The number of rotatable bonds is 4. The van der Waals surface area contributed by atoms with Crippen LogP contribution in [0.15, 0.2) is 44.8 Å². The van der Waals surface area contributed by atoms with Crippen molar-refractivity contribution in [3.63, 3.8) is 0 Å². The molecule has 0 unspecified atom stereocenters. The second kappa shape index (κ2) is 6.31. The third-order valence-corrected chi connectivity index (χ3v) is 3.35. The van der Waals surface area contributed by atoms with Gasteiger partial charge in [0, 0.05) is 5.56 Å². The molecule has 7 nitrogen and oxygen atoms in total. The molecule has 2 rings (SSSR count). The van der Waals surface area contributed by atoms with E-state index in [1.165, 1.54) is 19.4 Å². The number of benzene rings is 1. The lowest BCUT2D eigenvalue weighted by Gasteiger charge is -2.13. The Kier molecular flexibility index (Phi) is 4.49. The van der Waals surface area contributed by atoms with Crippen LogP contribution in [0.4, 0.5) is 5.69 Å². The van der Waals surface area contributed by atoms with Gasteiger partial charge in [-0.2, -0.15) is 0 Å². The van der Waals surface area contributed by atoms with Crippen LogP contribution in [0.25, 0.3) is 0 Å². The van der Waals surface area contributed by atoms with Gasteiger partial charge in [-0.05, 0) is 34.1 Å². The number of carbonyl (C=O) groups is 1. The van der Waals surface area contributed by atoms with Crippen LogP contribution in [0.5, 0.6) is 5.75 Å². The molecule has 1 amide bonds. The average molecular weight is 354 g/mol. The van der Waals surface area contributed by atoms with Crippen LogP contribution < -0.4 is 15.8 Å². The number of para-hydroxylation sites is 1. The van der Waals surface area contributed by atoms with Gasteiger partial charge in [0.05, 0.1) is 24.6 Å². The highest BCUT2D eigenvalue weighted by Crippen LogP contribution is 2.29. The smallest absolute Gasteiger partial charge is 0.260 e. The molecule has 0 aliphatic heterocycles. The van der Waals surface area contributed by atoms with Gasteiger partial charge < -0.3 is 25.4 Å². The minimum atomic E-state index is -0.424. The van der Waals surface area contributed by atoms with Gasteiger partial charge in [0.25, 0.3) is 5.91 Å². The highest BCUT2D eigenvalue weighted by Gasteiger charge is 2.18. The van der Waals surface area contributed by atoms with Gasteiger partial charge in [-0.3, -0.25) is 4.79 Å². The summed E-state index contributed by atoms with van der Waals surface area (Å²) in [4.78, 5) is 12.2. The molecule has 1 heterocycles. The lowest BCUT2D eigenvalue weighted by molar-refractivity contribution is 0.102. The third kappa shape index (κ3) is 3.00. The van der Waals surface area contributed by atoms with E-state index >= 15 is 0 Å². The van der Waals surface area contributed by atoms with E-state index in [2.05, 4.69) is 26.4 Å². The van der Waals surface area contributed by atoms with E-state index in [1.54, 1.807) is 18.2 Å². The summed E-state index contributed by atoms with van der Waals surface area (Å²) in [5.74, 6) is -0.186. The normalized spacial score (nSPS) is 11.2.